The lowest BCUT2D eigenvalue weighted by Crippen LogP contribution is -2.78. The third kappa shape index (κ3) is 1.06. The summed E-state index contributed by atoms with van der Waals surface area (Å²) < 4.78 is 1.88. The van der Waals surface area contributed by atoms with Crippen LogP contribution >= 0.6 is 0 Å². The van der Waals surface area contributed by atoms with Gasteiger partial charge in [0.15, 0.2) is 0 Å². The summed E-state index contributed by atoms with van der Waals surface area (Å²) in [7, 11) is 13.1. The molecule has 0 aromatic carbocycles. The Morgan fingerprint density at radius 3 is 1.00 bits per heavy atom. The molecule has 0 spiro atoms. The van der Waals surface area contributed by atoms with Crippen molar-refractivity contribution in [1.29, 1.82) is 0 Å². The number of hydrogen-bond acceptors (Lipinski definition) is 0. The summed E-state index contributed by atoms with van der Waals surface area (Å²) in [6, 6.07) is 0. The molecule has 1 aliphatic rings. The molecule has 1 aliphatic heterocycles. The molecule has 1 fully saturated rings. The SMILES string of the molecule is C[N+]1(C)[B][N+](C)(C)[B]1. The largest absolute Gasteiger partial charge is 0.756 e. The van der Waals surface area contributed by atoms with Gasteiger partial charge in [-0.25, -0.2) is 0 Å². The Balaban J connectivity index is 2.42. The van der Waals surface area contributed by atoms with Gasteiger partial charge in [-0.15, -0.1) is 0 Å². The molecule has 1 saturated heterocycles. The molecule has 0 atom stereocenters. The maximum atomic E-state index is 2.25. The van der Waals surface area contributed by atoms with Crippen LogP contribution in [0.5, 0.6) is 0 Å². The minimum Gasteiger partial charge on any atom is -0.347 e. The van der Waals surface area contributed by atoms with Gasteiger partial charge in [0.25, 0.3) is 0 Å². The van der Waals surface area contributed by atoms with Crippen LogP contribution in [0.2, 0.25) is 0 Å². The Labute approximate surface area is 52.8 Å². The van der Waals surface area contributed by atoms with E-state index in [0.717, 1.165) is 8.61 Å². The summed E-state index contributed by atoms with van der Waals surface area (Å²) in [6.45, 7) is 0. The van der Waals surface area contributed by atoms with Crippen LogP contribution < -0.4 is 0 Å². The van der Waals surface area contributed by atoms with E-state index in [1.165, 1.54) is 0 Å². The maximum Gasteiger partial charge on any atom is 0.756 e. The second-order valence-corrected chi connectivity index (χ2v) is 3.49. The van der Waals surface area contributed by atoms with E-state index in [1.807, 2.05) is 0 Å². The second-order valence-electron chi connectivity index (χ2n) is 3.49. The smallest absolute Gasteiger partial charge is 0.347 e. The molecule has 2 nitrogen and oxygen atoms in total. The second kappa shape index (κ2) is 1.31. The third-order valence-electron chi connectivity index (χ3n) is 1.19. The zero-order valence-electron chi connectivity index (χ0n) is 6.05. The van der Waals surface area contributed by atoms with Crippen LogP contribution in [0.15, 0.2) is 0 Å². The van der Waals surface area contributed by atoms with E-state index < -0.39 is 0 Å². The van der Waals surface area contributed by atoms with E-state index in [2.05, 4.69) is 43.3 Å². The van der Waals surface area contributed by atoms with Crippen molar-refractivity contribution in [2.24, 2.45) is 0 Å². The van der Waals surface area contributed by atoms with Crippen molar-refractivity contribution in [3.05, 3.63) is 0 Å². The molecule has 0 unspecified atom stereocenters. The van der Waals surface area contributed by atoms with E-state index >= 15 is 0 Å². The van der Waals surface area contributed by atoms with Gasteiger partial charge in [-0.05, 0) is 0 Å². The first-order valence-electron chi connectivity index (χ1n) is 2.82. The summed E-state index contributed by atoms with van der Waals surface area (Å²) in [4.78, 5) is 0. The van der Waals surface area contributed by atoms with Crippen LogP contribution in [0.25, 0.3) is 0 Å². The summed E-state index contributed by atoms with van der Waals surface area (Å²) >= 11 is 0. The highest BCUT2D eigenvalue weighted by atomic mass is 15.5. The van der Waals surface area contributed by atoms with Crippen LogP contribution in [-0.2, 0) is 0 Å². The normalized spacial score (nSPS) is 29.5. The Kier molecular flexibility index (Phi) is 1.01. The van der Waals surface area contributed by atoms with Crippen molar-refractivity contribution < 1.29 is 8.61 Å². The van der Waals surface area contributed by atoms with Crippen LogP contribution in [0, 0.1) is 0 Å². The first kappa shape index (κ1) is 6.17. The molecule has 0 N–H and O–H groups in total. The third-order valence-corrected chi connectivity index (χ3v) is 1.19. The molecule has 1 heterocycles. The van der Waals surface area contributed by atoms with Crippen molar-refractivity contribution in [3.63, 3.8) is 0 Å². The van der Waals surface area contributed by atoms with Gasteiger partial charge in [0, 0.05) is 28.2 Å². The van der Waals surface area contributed by atoms with Gasteiger partial charge in [0.1, 0.15) is 0 Å². The predicted octanol–water partition coefficient (Wildman–Crippen LogP) is -0.779. The Hall–Kier alpha value is 0.0499. The maximum absolute atomic E-state index is 2.25. The highest BCUT2D eigenvalue weighted by Gasteiger charge is 2.60. The average Bonchev–Trinajstić information content (AvgIpc) is 1.20. The Morgan fingerprint density at radius 2 is 1.00 bits per heavy atom. The van der Waals surface area contributed by atoms with Crippen molar-refractivity contribution in [2.45, 2.75) is 0 Å². The number of nitrogens with zero attached hydrogens (tertiary/aromatic N) is 2. The fraction of sp³-hybridized carbons (Fsp3) is 1.00. The molecule has 0 amide bonds. The molecule has 8 heavy (non-hydrogen) atoms. The van der Waals surface area contributed by atoms with Gasteiger partial charge in [-0.1, -0.05) is 0 Å². The van der Waals surface area contributed by atoms with Crippen molar-refractivity contribution in [2.75, 3.05) is 28.2 Å². The van der Waals surface area contributed by atoms with Crippen LogP contribution in [0.3, 0.4) is 0 Å². The zero-order valence-corrected chi connectivity index (χ0v) is 6.05. The van der Waals surface area contributed by atoms with Gasteiger partial charge in [-0.2, -0.15) is 0 Å². The minimum absolute atomic E-state index is 0.938. The fourth-order valence-electron chi connectivity index (χ4n) is 1.52. The molecule has 2 radical (unpaired) electrons. The van der Waals surface area contributed by atoms with Crippen LogP contribution in [-0.4, -0.2) is 51.9 Å². The van der Waals surface area contributed by atoms with Crippen LogP contribution in [0.4, 0.5) is 0 Å². The van der Waals surface area contributed by atoms with Gasteiger partial charge < -0.3 is 8.61 Å². The topological polar surface area (TPSA) is 0 Å². The molecular weight excluding hydrogens is 97.7 g/mol. The molecule has 0 aromatic rings. The minimum atomic E-state index is 0.938. The van der Waals surface area contributed by atoms with Gasteiger partial charge >= 0.3 is 15.1 Å². The Bertz CT molecular complexity index is 88.6. The van der Waals surface area contributed by atoms with Crippen molar-refractivity contribution >= 4 is 15.1 Å². The lowest BCUT2D eigenvalue weighted by molar-refractivity contribution is -0.890. The highest BCUT2D eigenvalue weighted by molar-refractivity contribution is 6.46. The molecule has 42 valence electrons. The number of hydrogen-bond donors (Lipinski definition) is 0. The fourth-order valence-corrected chi connectivity index (χ4v) is 1.52. The first-order valence-corrected chi connectivity index (χ1v) is 2.82. The lowest BCUT2D eigenvalue weighted by atomic mass is 9.67. The van der Waals surface area contributed by atoms with Crippen molar-refractivity contribution in [3.8, 4) is 0 Å². The summed E-state index contributed by atoms with van der Waals surface area (Å²) in [5.41, 5.74) is 0. The monoisotopic (exact) mass is 110 g/mol. The summed E-state index contributed by atoms with van der Waals surface area (Å²) in [5, 5.41) is 0. The van der Waals surface area contributed by atoms with Gasteiger partial charge in [0.05, 0.1) is 0 Å². The molecule has 1 rings (SSSR count). The molecule has 0 bridgehead atoms. The van der Waals surface area contributed by atoms with E-state index in [0.29, 0.717) is 0 Å². The number of rotatable bonds is 0. The summed E-state index contributed by atoms with van der Waals surface area (Å²) in [5.74, 6) is 0. The standard InChI is InChI=1S/C4H12B2N2/c1-7(2)5-8(3,4)6-7/h1-4H3/q+2. The molecule has 4 heteroatoms. The van der Waals surface area contributed by atoms with Gasteiger partial charge in [-0.3, -0.25) is 0 Å². The molecular formula is C4H12B2N2+2. The summed E-state index contributed by atoms with van der Waals surface area (Å²) in [6.07, 6.45) is 0. The van der Waals surface area contributed by atoms with Crippen molar-refractivity contribution in [1.82, 2.24) is 0 Å². The van der Waals surface area contributed by atoms with E-state index in [-0.39, 0.29) is 0 Å². The molecule has 0 saturated carbocycles. The zero-order chi connectivity index (χ0) is 6.41. The average molecular weight is 110 g/mol. The highest BCUT2D eigenvalue weighted by Crippen LogP contribution is 2.12. The van der Waals surface area contributed by atoms with E-state index in [1.54, 1.807) is 0 Å². The van der Waals surface area contributed by atoms with E-state index in [4.69, 9.17) is 0 Å². The quantitative estimate of drug-likeness (QED) is 0.359. The molecule has 0 aliphatic carbocycles. The van der Waals surface area contributed by atoms with E-state index in [9.17, 15) is 0 Å². The van der Waals surface area contributed by atoms with Crippen LogP contribution in [0.1, 0.15) is 0 Å². The number of quaternary nitrogens is 2. The molecule has 0 aromatic heterocycles. The lowest BCUT2D eigenvalue weighted by Gasteiger charge is -2.42. The Morgan fingerprint density at radius 1 is 0.750 bits per heavy atom. The van der Waals surface area contributed by atoms with Gasteiger partial charge in [0.2, 0.25) is 0 Å². The first-order chi connectivity index (χ1) is 3.41. The predicted molar refractivity (Wildman–Crippen MR) is 35.7 cm³/mol.